The van der Waals surface area contributed by atoms with E-state index in [1.165, 1.54) is 20.0 Å². The normalized spacial score (nSPS) is 21.3. The van der Waals surface area contributed by atoms with Crippen molar-refractivity contribution in [1.29, 1.82) is 0 Å². The summed E-state index contributed by atoms with van der Waals surface area (Å²) >= 11 is 0. The van der Waals surface area contributed by atoms with Crippen molar-refractivity contribution >= 4 is 11.9 Å². The van der Waals surface area contributed by atoms with Crippen molar-refractivity contribution in [3.05, 3.63) is 46.8 Å². The van der Waals surface area contributed by atoms with Crippen LogP contribution < -0.4 is 5.32 Å². The minimum absolute atomic E-state index is 0.0142. The van der Waals surface area contributed by atoms with Crippen molar-refractivity contribution in [2.75, 3.05) is 7.11 Å². The van der Waals surface area contributed by atoms with Crippen molar-refractivity contribution in [3.63, 3.8) is 0 Å². The smallest absolute Gasteiger partial charge is 0.305 e. The van der Waals surface area contributed by atoms with E-state index in [1.807, 2.05) is 42.8 Å². The molecule has 1 aliphatic rings. The van der Waals surface area contributed by atoms with E-state index in [-0.39, 0.29) is 17.9 Å². The number of benzene rings is 1. The van der Waals surface area contributed by atoms with Gasteiger partial charge in [-0.25, -0.2) is 4.68 Å². The third-order valence-electron chi connectivity index (χ3n) is 6.65. The Labute approximate surface area is 179 Å². The van der Waals surface area contributed by atoms with E-state index < -0.39 is 0 Å². The second-order valence-corrected chi connectivity index (χ2v) is 8.53. The number of carbonyl (C=O) groups is 2. The predicted octanol–water partition coefficient (Wildman–Crippen LogP) is 4.15. The summed E-state index contributed by atoms with van der Waals surface area (Å²) in [6, 6.07) is 7.80. The average molecular weight is 412 g/mol. The van der Waals surface area contributed by atoms with E-state index in [4.69, 9.17) is 4.74 Å². The molecule has 1 aromatic carbocycles. The van der Waals surface area contributed by atoms with E-state index >= 15 is 0 Å². The summed E-state index contributed by atoms with van der Waals surface area (Å²) < 4.78 is 6.61. The molecule has 162 valence electrons. The summed E-state index contributed by atoms with van der Waals surface area (Å²) in [6.07, 6.45) is 4.40. The molecule has 0 bridgehead atoms. The molecule has 2 aromatic rings. The van der Waals surface area contributed by atoms with Crippen LogP contribution in [0.3, 0.4) is 0 Å². The maximum absolute atomic E-state index is 12.7. The minimum atomic E-state index is -0.224. The van der Waals surface area contributed by atoms with Crippen LogP contribution in [-0.2, 0) is 16.0 Å². The summed E-state index contributed by atoms with van der Waals surface area (Å²) in [4.78, 5) is 24.2. The molecule has 3 unspecified atom stereocenters. The molecule has 1 N–H and O–H groups in total. The lowest BCUT2D eigenvalue weighted by Gasteiger charge is -2.34. The van der Waals surface area contributed by atoms with Gasteiger partial charge in [0.05, 0.1) is 18.5 Å². The van der Waals surface area contributed by atoms with E-state index in [1.54, 1.807) is 0 Å². The van der Waals surface area contributed by atoms with E-state index in [9.17, 15) is 9.59 Å². The van der Waals surface area contributed by atoms with Crippen LogP contribution in [0.4, 0.5) is 0 Å². The van der Waals surface area contributed by atoms with Gasteiger partial charge in [0.1, 0.15) is 0 Å². The zero-order valence-corrected chi connectivity index (χ0v) is 18.7. The molecular weight excluding hydrogens is 378 g/mol. The van der Waals surface area contributed by atoms with Crippen molar-refractivity contribution in [3.8, 4) is 5.69 Å². The highest BCUT2D eigenvalue weighted by molar-refractivity contribution is 5.94. The van der Waals surface area contributed by atoms with Crippen molar-refractivity contribution in [2.24, 2.45) is 11.8 Å². The molecule has 30 heavy (non-hydrogen) atoms. The minimum Gasteiger partial charge on any atom is -0.469 e. The molecule has 1 heterocycles. The Morgan fingerprint density at radius 3 is 2.53 bits per heavy atom. The molecule has 1 aromatic heterocycles. The maximum Gasteiger partial charge on any atom is 0.305 e. The van der Waals surface area contributed by atoms with Gasteiger partial charge < -0.3 is 10.1 Å². The summed E-state index contributed by atoms with van der Waals surface area (Å²) in [5, 5.41) is 7.86. The quantitative estimate of drug-likeness (QED) is 0.725. The number of amides is 1. The van der Waals surface area contributed by atoms with Crippen LogP contribution in [0.2, 0.25) is 0 Å². The van der Waals surface area contributed by atoms with Crippen molar-refractivity contribution < 1.29 is 14.3 Å². The molecule has 0 saturated heterocycles. The fourth-order valence-corrected chi connectivity index (χ4v) is 4.41. The van der Waals surface area contributed by atoms with Gasteiger partial charge in [-0.05, 0) is 68.4 Å². The number of hydrogen-bond donors (Lipinski definition) is 1. The fraction of sp³-hybridized carbons (Fsp3) is 0.542. The molecule has 3 rings (SSSR count). The van der Waals surface area contributed by atoms with Crippen LogP contribution in [0.25, 0.3) is 5.69 Å². The van der Waals surface area contributed by atoms with Gasteiger partial charge in [0.2, 0.25) is 0 Å². The molecule has 0 radical (unpaired) electrons. The number of hydrogen-bond acceptors (Lipinski definition) is 4. The highest BCUT2D eigenvalue weighted by Gasteiger charge is 2.28. The maximum atomic E-state index is 12.7. The number of aromatic nitrogens is 2. The number of aryl methyl sites for hydroxylation is 1. The predicted molar refractivity (Wildman–Crippen MR) is 117 cm³/mol. The Bertz CT molecular complexity index is 901. The SMILES string of the molecule is COC(=O)CCc1c(C)nn(-c2ccc(C(=O)NC3CCCC(C)C3C)cc2)c1C. The van der Waals surface area contributed by atoms with Crippen molar-refractivity contribution in [2.45, 2.75) is 65.8 Å². The van der Waals surface area contributed by atoms with Crippen LogP contribution in [0.5, 0.6) is 0 Å². The van der Waals surface area contributed by atoms with Gasteiger partial charge in [0, 0.05) is 23.7 Å². The molecule has 0 aliphatic heterocycles. The second kappa shape index (κ2) is 9.45. The highest BCUT2D eigenvalue weighted by atomic mass is 16.5. The molecule has 0 spiro atoms. The second-order valence-electron chi connectivity index (χ2n) is 8.53. The molecule has 1 aliphatic carbocycles. The van der Waals surface area contributed by atoms with Gasteiger partial charge in [-0.3, -0.25) is 9.59 Å². The number of methoxy groups -OCH3 is 1. The molecule has 6 nitrogen and oxygen atoms in total. The summed E-state index contributed by atoms with van der Waals surface area (Å²) in [7, 11) is 1.40. The third kappa shape index (κ3) is 4.74. The Morgan fingerprint density at radius 1 is 1.17 bits per heavy atom. The standard InChI is InChI=1S/C24H33N3O3/c1-15-7-6-8-22(16(15)2)25-24(29)19-9-11-20(12-10-19)27-18(4)21(17(3)26-27)13-14-23(28)30-5/h9-12,15-16,22H,6-8,13-14H2,1-5H3,(H,25,29). The fourth-order valence-electron chi connectivity index (χ4n) is 4.41. The summed E-state index contributed by atoms with van der Waals surface area (Å²) in [6.45, 7) is 8.45. The lowest BCUT2D eigenvalue weighted by atomic mass is 9.78. The third-order valence-corrected chi connectivity index (χ3v) is 6.65. The first-order valence-corrected chi connectivity index (χ1v) is 10.8. The zero-order chi connectivity index (χ0) is 21.8. The molecular formula is C24H33N3O3. The number of ether oxygens (including phenoxy) is 1. The number of nitrogens with one attached hydrogen (secondary N) is 1. The monoisotopic (exact) mass is 411 g/mol. The molecule has 1 fully saturated rings. The number of carbonyl (C=O) groups excluding carboxylic acids is 2. The van der Waals surface area contributed by atoms with E-state index in [0.717, 1.165) is 29.1 Å². The lowest BCUT2D eigenvalue weighted by Crippen LogP contribution is -2.43. The Balaban J connectivity index is 1.71. The van der Waals surface area contributed by atoms with Crippen LogP contribution >= 0.6 is 0 Å². The Morgan fingerprint density at radius 2 is 1.87 bits per heavy atom. The lowest BCUT2D eigenvalue weighted by molar-refractivity contribution is -0.140. The molecule has 6 heteroatoms. The molecule has 3 atom stereocenters. The first-order valence-electron chi connectivity index (χ1n) is 10.8. The molecule has 1 saturated carbocycles. The molecule has 1 amide bonds. The van der Waals surface area contributed by atoms with Crippen molar-refractivity contribution in [1.82, 2.24) is 15.1 Å². The van der Waals surface area contributed by atoms with Gasteiger partial charge in [-0.1, -0.05) is 26.7 Å². The van der Waals surface area contributed by atoms with Crippen LogP contribution in [-0.4, -0.2) is 34.8 Å². The summed E-state index contributed by atoms with van der Waals surface area (Å²) in [5.74, 6) is 0.907. The summed E-state index contributed by atoms with van der Waals surface area (Å²) in [5.41, 5.74) is 4.52. The van der Waals surface area contributed by atoms with Gasteiger partial charge in [0.15, 0.2) is 0 Å². The largest absolute Gasteiger partial charge is 0.469 e. The van der Waals surface area contributed by atoms with Crippen LogP contribution in [0, 0.1) is 25.7 Å². The highest BCUT2D eigenvalue weighted by Crippen LogP contribution is 2.29. The Hall–Kier alpha value is -2.63. The van der Waals surface area contributed by atoms with Gasteiger partial charge >= 0.3 is 5.97 Å². The van der Waals surface area contributed by atoms with Gasteiger partial charge in [-0.2, -0.15) is 5.10 Å². The number of nitrogens with zero attached hydrogens (tertiary/aromatic N) is 2. The van der Waals surface area contributed by atoms with Crippen LogP contribution in [0.15, 0.2) is 24.3 Å². The first kappa shape index (κ1) is 22.1. The number of rotatable bonds is 6. The van der Waals surface area contributed by atoms with E-state index in [2.05, 4.69) is 24.3 Å². The van der Waals surface area contributed by atoms with E-state index in [0.29, 0.717) is 30.2 Å². The first-order chi connectivity index (χ1) is 14.3. The topological polar surface area (TPSA) is 73.2 Å². The van der Waals surface area contributed by atoms with Crippen LogP contribution in [0.1, 0.15) is 66.8 Å². The average Bonchev–Trinajstić information content (AvgIpc) is 3.03. The number of esters is 1. The zero-order valence-electron chi connectivity index (χ0n) is 18.7. The van der Waals surface area contributed by atoms with Gasteiger partial charge in [0.25, 0.3) is 5.91 Å². The van der Waals surface area contributed by atoms with Gasteiger partial charge in [-0.15, -0.1) is 0 Å². The Kier molecular flexibility index (Phi) is 6.95.